The normalized spacial score (nSPS) is 23.5. The average molecular weight is 307 g/mol. The summed E-state index contributed by atoms with van der Waals surface area (Å²) in [6.45, 7) is 0. The third kappa shape index (κ3) is 2.16. The van der Waals surface area contributed by atoms with Crippen LogP contribution in [0.2, 0.25) is 0 Å². The van der Waals surface area contributed by atoms with Crippen molar-refractivity contribution in [2.24, 2.45) is 16.6 Å². The predicted molar refractivity (Wildman–Crippen MR) is 87.7 cm³/mol. The molecule has 0 spiro atoms. The lowest BCUT2D eigenvalue weighted by Gasteiger charge is -2.24. The van der Waals surface area contributed by atoms with Gasteiger partial charge in [0.1, 0.15) is 5.75 Å². The summed E-state index contributed by atoms with van der Waals surface area (Å²) < 4.78 is 0. The van der Waals surface area contributed by atoms with Crippen molar-refractivity contribution in [2.75, 3.05) is 0 Å². The third-order valence-electron chi connectivity index (χ3n) is 4.53. The number of nitrogens with zero attached hydrogens (tertiary/aromatic N) is 1. The smallest absolute Gasteiger partial charge is 0.259 e. The second-order valence-electron chi connectivity index (χ2n) is 6.12. The zero-order valence-electron chi connectivity index (χ0n) is 12.5. The van der Waals surface area contributed by atoms with Gasteiger partial charge in [-0.3, -0.25) is 10.1 Å². The Kier molecular flexibility index (Phi) is 2.91. The van der Waals surface area contributed by atoms with Crippen LogP contribution in [-0.4, -0.2) is 17.0 Å². The Labute approximate surface area is 133 Å². The summed E-state index contributed by atoms with van der Waals surface area (Å²) in [4.78, 5) is 17.0. The Morgan fingerprint density at radius 1 is 1.13 bits per heavy atom. The molecule has 0 saturated heterocycles. The molecule has 2 aromatic rings. The van der Waals surface area contributed by atoms with Crippen LogP contribution in [0.4, 0.5) is 0 Å². The lowest BCUT2D eigenvalue weighted by atomic mass is 9.84. The van der Waals surface area contributed by atoms with E-state index in [1.807, 2.05) is 30.3 Å². The number of benzene rings is 2. The minimum atomic E-state index is -0.906. The summed E-state index contributed by atoms with van der Waals surface area (Å²) in [5.74, 6) is 0.448. The highest BCUT2D eigenvalue weighted by atomic mass is 16.3. The number of amides is 1. The van der Waals surface area contributed by atoms with Crippen molar-refractivity contribution in [1.29, 1.82) is 0 Å². The molecule has 0 radical (unpaired) electrons. The van der Waals surface area contributed by atoms with E-state index in [0.717, 1.165) is 29.5 Å². The SMILES string of the molecule is NC1=NC(c2cccc(-c3cccc(O)c3)c2)(C2CC2)C(=O)N1. The maximum absolute atomic E-state index is 12.5. The van der Waals surface area contributed by atoms with E-state index in [4.69, 9.17) is 5.73 Å². The predicted octanol–water partition coefficient (Wildman–Crippen LogP) is 2.11. The fourth-order valence-corrected chi connectivity index (χ4v) is 3.31. The molecule has 1 aliphatic heterocycles. The van der Waals surface area contributed by atoms with Crippen LogP contribution in [0.3, 0.4) is 0 Å². The topological polar surface area (TPSA) is 87.7 Å². The van der Waals surface area contributed by atoms with E-state index < -0.39 is 5.54 Å². The van der Waals surface area contributed by atoms with Crippen molar-refractivity contribution in [1.82, 2.24) is 5.32 Å². The molecule has 1 unspecified atom stereocenters. The van der Waals surface area contributed by atoms with Crippen LogP contribution >= 0.6 is 0 Å². The summed E-state index contributed by atoms with van der Waals surface area (Å²) in [7, 11) is 0. The van der Waals surface area contributed by atoms with Crippen molar-refractivity contribution in [2.45, 2.75) is 18.4 Å². The average Bonchev–Trinajstić information content (AvgIpc) is 3.33. The summed E-state index contributed by atoms with van der Waals surface area (Å²) in [5, 5.41) is 12.3. The van der Waals surface area contributed by atoms with E-state index >= 15 is 0 Å². The molecular formula is C18H17N3O2. The molecule has 5 heteroatoms. The van der Waals surface area contributed by atoms with Gasteiger partial charge in [-0.1, -0.05) is 30.3 Å². The number of hydrogen-bond donors (Lipinski definition) is 3. The molecule has 0 bridgehead atoms. The Morgan fingerprint density at radius 2 is 1.83 bits per heavy atom. The molecule has 1 amide bonds. The highest BCUT2D eigenvalue weighted by Gasteiger charge is 2.55. The number of hydrogen-bond acceptors (Lipinski definition) is 4. The molecule has 1 atom stereocenters. The number of aliphatic imine (C=N–C) groups is 1. The van der Waals surface area contributed by atoms with Crippen molar-refractivity contribution in [3.63, 3.8) is 0 Å². The molecule has 0 aromatic heterocycles. The van der Waals surface area contributed by atoms with Crippen LogP contribution in [0.5, 0.6) is 5.75 Å². The van der Waals surface area contributed by atoms with Gasteiger partial charge in [0.15, 0.2) is 11.5 Å². The number of aromatic hydroxyl groups is 1. The highest BCUT2D eigenvalue weighted by Crippen LogP contribution is 2.50. The minimum absolute atomic E-state index is 0.148. The molecule has 23 heavy (non-hydrogen) atoms. The number of carbonyl (C=O) groups excluding carboxylic acids is 1. The Balaban J connectivity index is 1.83. The summed E-state index contributed by atoms with van der Waals surface area (Å²) >= 11 is 0. The largest absolute Gasteiger partial charge is 0.508 e. The summed E-state index contributed by atoms with van der Waals surface area (Å²) in [6, 6.07) is 14.8. The first-order valence-electron chi connectivity index (χ1n) is 7.66. The first kappa shape index (κ1) is 13.8. The fourth-order valence-electron chi connectivity index (χ4n) is 3.31. The van der Waals surface area contributed by atoms with Gasteiger partial charge >= 0.3 is 0 Å². The molecule has 5 nitrogen and oxygen atoms in total. The quantitative estimate of drug-likeness (QED) is 0.811. The minimum Gasteiger partial charge on any atom is -0.508 e. The molecule has 116 valence electrons. The van der Waals surface area contributed by atoms with E-state index in [1.165, 1.54) is 0 Å². The zero-order valence-corrected chi connectivity index (χ0v) is 12.5. The maximum Gasteiger partial charge on any atom is 0.259 e. The number of phenols is 1. The molecule has 2 aromatic carbocycles. The molecule has 4 N–H and O–H groups in total. The van der Waals surface area contributed by atoms with Crippen molar-refractivity contribution in [3.8, 4) is 16.9 Å². The molecule has 4 rings (SSSR count). The van der Waals surface area contributed by atoms with E-state index in [1.54, 1.807) is 18.2 Å². The van der Waals surface area contributed by atoms with Crippen molar-refractivity contribution >= 4 is 11.9 Å². The third-order valence-corrected chi connectivity index (χ3v) is 4.53. The number of nitrogens with one attached hydrogen (secondary N) is 1. The number of nitrogens with two attached hydrogens (primary N) is 1. The van der Waals surface area contributed by atoms with E-state index in [9.17, 15) is 9.90 Å². The number of rotatable bonds is 3. The van der Waals surface area contributed by atoms with Crippen LogP contribution in [-0.2, 0) is 10.3 Å². The van der Waals surface area contributed by atoms with Crippen LogP contribution in [0.15, 0.2) is 53.5 Å². The van der Waals surface area contributed by atoms with Crippen molar-refractivity contribution in [3.05, 3.63) is 54.1 Å². The Bertz CT molecular complexity index is 827. The lowest BCUT2D eigenvalue weighted by Crippen LogP contribution is -2.40. The molecule has 1 fully saturated rings. The Morgan fingerprint density at radius 3 is 2.43 bits per heavy atom. The second kappa shape index (κ2) is 4.84. The van der Waals surface area contributed by atoms with Crippen molar-refractivity contribution < 1.29 is 9.90 Å². The van der Waals surface area contributed by atoms with Gasteiger partial charge in [-0.05, 0) is 53.6 Å². The standard InChI is InChI=1S/C18H17N3O2/c19-17-20-16(23)18(21-17,13-7-8-13)14-5-1-3-11(9-14)12-4-2-6-15(22)10-12/h1-6,9-10,13,22H,7-8H2,(H3,19,20,21,23). The zero-order chi connectivity index (χ0) is 16.0. The lowest BCUT2D eigenvalue weighted by molar-refractivity contribution is -0.124. The molecule has 2 aliphatic rings. The van der Waals surface area contributed by atoms with Gasteiger partial charge in [0, 0.05) is 0 Å². The first-order valence-corrected chi connectivity index (χ1v) is 7.66. The van der Waals surface area contributed by atoms with Crippen LogP contribution < -0.4 is 11.1 Å². The van der Waals surface area contributed by atoms with E-state index in [2.05, 4.69) is 10.3 Å². The fraction of sp³-hybridized carbons (Fsp3) is 0.222. The number of guanidine groups is 1. The highest BCUT2D eigenvalue weighted by molar-refractivity contribution is 6.07. The van der Waals surface area contributed by atoms with E-state index in [0.29, 0.717) is 0 Å². The number of phenolic OH excluding ortho intramolecular Hbond substituents is 1. The monoisotopic (exact) mass is 307 g/mol. The van der Waals surface area contributed by atoms with E-state index in [-0.39, 0.29) is 23.5 Å². The molecular weight excluding hydrogens is 290 g/mol. The maximum atomic E-state index is 12.5. The van der Waals surface area contributed by atoms with Gasteiger partial charge in [-0.2, -0.15) is 0 Å². The molecule has 1 heterocycles. The number of carbonyl (C=O) groups is 1. The van der Waals surface area contributed by atoms with Gasteiger partial charge in [0.25, 0.3) is 5.91 Å². The second-order valence-corrected chi connectivity index (χ2v) is 6.12. The molecule has 1 aliphatic carbocycles. The van der Waals surface area contributed by atoms with Crippen LogP contribution in [0.25, 0.3) is 11.1 Å². The van der Waals surface area contributed by atoms with Gasteiger partial charge in [0.2, 0.25) is 0 Å². The van der Waals surface area contributed by atoms with Gasteiger partial charge in [-0.25, -0.2) is 4.99 Å². The van der Waals surface area contributed by atoms with Crippen LogP contribution in [0.1, 0.15) is 18.4 Å². The van der Waals surface area contributed by atoms with Gasteiger partial charge in [-0.15, -0.1) is 0 Å². The van der Waals surface area contributed by atoms with Crippen LogP contribution in [0, 0.1) is 5.92 Å². The summed E-state index contributed by atoms with van der Waals surface area (Å²) in [5.41, 5.74) is 7.53. The first-order chi connectivity index (χ1) is 11.1. The summed E-state index contributed by atoms with van der Waals surface area (Å²) in [6.07, 6.45) is 1.95. The molecule has 1 saturated carbocycles. The Hall–Kier alpha value is -2.82. The van der Waals surface area contributed by atoms with Gasteiger partial charge < -0.3 is 10.8 Å². The van der Waals surface area contributed by atoms with Gasteiger partial charge in [0.05, 0.1) is 0 Å².